The number of hydrogen-bond acceptors (Lipinski definition) is 8. The number of carbonyl (C=O) groups excluding carboxylic acids is 1. The zero-order valence-electron chi connectivity index (χ0n) is 18.3. The Bertz CT molecular complexity index is 1110. The summed E-state index contributed by atoms with van der Waals surface area (Å²) in [6.45, 7) is 3.27. The van der Waals surface area contributed by atoms with E-state index in [-0.39, 0.29) is 12.0 Å². The van der Waals surface area contributed by atoms with E-state index in [0.717, 1.165) is 54.3 Å². The summed E-state index contributed by atoms with van der Waals surface area (Å²) in [5.74, 6) is 2.14. The zero-order valence-corrected chi connectivity index (χ0v) is 18.3. The third kappa shape index (κ3) is 5.56. The van der Waals surface area contributed by atoms with E-state index in [1.54, 1.807) is 18.6 Å². The third-order valence-corrected chi connectivity index (χ3v) is 5.71. The van der Waals surface area contributed by atoms with Crippen LogP contribution in [0.15, 0.2) is 55.0 Å². The number of nitrogens with one attached hydrogen (secondary N) is 3. The molecule has 1 aromatic carbocycles. The fraction of sp³-hybridized carbons (Fsp3) is 0.333. The Morgan fingerprint density at radius 1 is 1.00 bits per heavy atom. The first-order valence-corrected chi connectivity index (χ1v) is 11.3. The van der Waals surface area contributed by atoms with Crippen LogP contribution in [0.4, 0.5) is 17.5 Å². The molecule has 1 amide bonds. The van der Waals surface area contributed by atoms with Crippen LogP contribution in [-0.4, -0.2) is 64.6 Å². The van der Waals surface area contributed by atoms with Gasteiger partial charge in [0.25, 0.3) is 0 Å². The average molecular weight is 446 g/mol. The summed E-state index contributed by atoms with van der Waals surface area (Å²) < 4.78 is 6.20. The second-order valence-corrected chi connectivity index (χ2v) is 8.27. The molecule has 5 heterocycles. The molecule has 3 aliphatic rings. The van der Waals surface area contributed by atoms with Gasteiger partial charge in [0.2, 0.25) is 11.9 Å². The summed E-state index contributed by atoms with van der Waals surface area (Å²) in [5, 5.41) is 9.54. The molecule has 3 aliphatic heterocycles. The van der Waals surface area contributed by atoms with Crippen molar-refractivity contribution in [2.75, 3.05) is 43.4 Å². The van der Waals surface area contributed by atoms with Gasteiger partial charge in [0.15, 0.2) is 0 Å². The molecule has 3 N–H and O–H groups in total. The average Bonchev–Trinajstić information content (AvgIpc) is 3.25. The van der Waals surface area contributed by atoms with Gasteiger partial charge in [-0.05, 0) is 42.7 Å². The van der Waals surface area contributed by atoms with Crippen molar-refractivity contribution in [2.24, 2.45) is 0 Å². The Balaban J connectivity index is 1.37. The molecule has 0 aliphatic carbocycles. The number of benzene rings is 1. The molecular weight excluding hydrogens is 418 g/mol. The summed E-state index contributed by atoms with van der Waals surface area (Å²) in [7, 11) is 0. The van der Waals surface area contributed by atoms with Gasteiger partial charge in [-0.1, -0.05) is 6.07 Å². The first kappa shape index (κ1) is 21.1. The van der Waals surface area contributed by atoms with E-state index in [2.05, 4.69) is 35.8 Å². The first-order chi connectivity index (χ1) is 16.2. The van der Waals surface area contributed by atoms with Crippen molar-refractivity contribution in [3.63, 3.8) is 0 Å². The Hall–Kier alpha value is -3.72. The molecule has 9 heteroatoms. The van der Waals surface area contributed by atoms with Crippen molar-refractivity contribution < 1.29 is 9.53 Å². The minimum absolute atomic E-state index is 0.0400. The SMILES string of the molecule is O=C1CN2CCC(C2)Oc2cccc(c2)Nc2cc(ccn2)-c2cnc(nc2)NCCCN1. The number of carbonyl (C=O) groups is 1. The molecule has 2 aromatic heterocycles. The number of aromatic nitrogens is 3. The molecule has 8 bridgehead atoms. The van der Waals surface area contributed by atoms with E-state index in [1.165, 1.54) is 0 Å². The molecule has 33 heavy (non-hydrogen) atoms. The van der Waals surface area contributed by atoms with Gasteiger partial charge in [0.1, 0.15) is 17.7 Å². The van der Waals surface area contributed by atoms with Crippen LogP contribution in [0.25, 0.3) is 11.1 Å². The van der Waals surface area contributed by atoms with Crippen LogP contribution in [0.1, 0.15) is 12.8 Å². The third-order valence-electron chi connectivity index (χ3n) is 5.71. The molecule has 1 saturated heterocycles. The van der Waals surface area contributed by atoms with Crippen LogP contribution >= 0.6 is 0 Å². The lowest BCUT2D eigenvalue weighted by atomic mass is 10.1. The standard InChI is InChI=1S/C24H27N7O2/c32-23-16-31-10-6-21(15-31)33-20-4-1-3-19(12-20)30-22-11-17(5-9-25-22)18-13-28-24(29-14-18)27-8-2-7-26-23/h1,3-5,9,11-14,21H,2,6-8,10,15-16H2,(H,25,30)(H,26,32)(H,27,28,29). The lowest BCUT2D eigenvalue weighted by Crippen LogP contribution is -2.37. The van der Waals surface area contributed by atoms with E-state index in [1.807, 2.05) is 36.4 Å². The zero-order chi connectivity index (χ0) is 22.5. The highest BCUT2D eigenvalue weighted by Gasteiger charge is 2.25. The largest absolute Gasteiger partial charge is 0.489 e. The van der Waals surface area contributed by atoms with Gasteiger partial charge in [-0.3, -0.25) is 9.69 Å². The van der Waals surface area contributed by atoms with Crippen LogP contribution in [-0.2, 0) is 4.79 Å². The van der Waals surface area contributed by atoms with Gasteiger partial charge in [-0.15, -0.1) is 0 Å². The number of ether oxygens (including phenoxy) is 1. The predicted molar refractivity (Wildman–Crippen MR) is 127 cm³/mol. The molecule has 0 radical (unpaired) electrons. The molecule has 2 atom stereocenters. The number of pyridine rings is 1. The lowest BCUT2D eigenvalue weighted by molar-refractivity contribution is -0.122. The number of rotatable bonds is 0. The highest BCUT2D eigenvalue weighted by Crippen LogP contribution is 2.26. The van der Waals surface area contributed by atoms with Crippen molar-refractivity contribution in [3.05, 3.63) is 55.0 Å². The number of nitrogens with zero attached hydrogens (tertiary/aromatic N) is 4. The molecule has 6 rings (SSSR count). The van der Waals surface area contributed by atoms with Crippen molar-refractivity contribution in [1.29, 1.82) is 0 Å². The molecule has 0 saturated carbocycles. The Morgan fingerprint density at radius 2 is 1.88 bits per heavy atom. The van der Waals surface area contributed by atoms with Crippen molar-refractivity contribution in [3.8, 4) is 16.9 Å². The van der Waals surface area contributed by atoms with E-state index in [4.69, 9.17) is 4.74 Å². The van der Waals surface area contributed by atoms with Crippen LogP contribution < -0.4 is 20.7 Å². The maximum atomic E-state index is 12.3. The van der Waals surface area contributed by atoms with Crippen molar-refractivity contribution in [2.45, 2.75) is 18.9 Å². The number of amides is 1. The molecule has 170 valence electrons. The quantitative estimate of drug-likeness (QED) is 0.485. The molecule has 3 aromatic rings. The monoisotopic (exact) mass is 445 g/mol. The van der Waals surface area contributed by atoms with Crippen LogP contribution in [0, 0.1) is 0 Å². The highest BCUT2D eigenvalue weighted by atomic mass is 16.5. The molecule has 2 unspecified atom stereocenters. The van der Waals surface area contributed by atoms with E-state index >= 15 is 0 Å². The number of hydrogen-bond donors (Lipinski definition) is 3. The van der Waals surface area contributed by atoms with Gasteiger partial charge in [-0.2, -0.15) is 0 Å². The first-order valence-electron chi connectivity index (χ1n) is 11.3. The minimum Gasteiger partial charge on any atom is -0.489 e. The lowest BCUT2D eigenvalue weighted by Gasteiger charge is -2.17. The Morgan fingerprint density at radius 3 is 2.79 bits per heavy atom. The highest BCUT2D eigenvalue weighted by molar-refractivity contribution is 5.78. The summed E-state index contributed by atoms with van der Waals surface area (Å²) in [4.78, 5) is 27.7. The second-order valence-electron chi connectivity index (χ2n) is 8.27. The normalized spacial score (nSPS) is 20.9. The molecule has 9 nitrogen and oxygen atoms in total. The van der Waals surface area contributed by atoms with Gasteiger partial charge >= 0.3 is 0 Å². The predicted octanol–water partition coefficient (Wildman–Crippen LogP) is 2.67. The van der Waals surface area contributed by atoms with Crippen molar-refractivity contribution >= 4 is 23.4 Å². The Labute approximate surface area is 192 Å². The van der Waals surface area contributed by atoms with Crippen LogP contribution in [0.2, 0.25) is 0 Å². The van der Waals surface area contributed by atoms with Gasteiger partial charge < -0.3 is 20.7 Å². The second kappa shape index (κ2) is 9.83. The molecule has 1 fully saturated rings. The minimum atomic E-state index is 0.0400. The van der Waals surface area contributed by atoms with Gasteiger partial charge in [0, 0.05) is 62.1 Å². The summed E-state index contributed by atoms with van der Waals surface area (Å²) in [6.07, 6.45) is 7.11. The van der Waals surface area contributed by atoms with Gasteiger partial charge in [-0.25, -0.2) is 15.0 Å². The van der Waals surface area contributed by atoms with Gasteiger partial charge in [0.05, 0.1) is 6.54 Å². The summed E-state index contributed by atoms with van der Waals surface area (Å²) in [5.41, 5.74) is 2.77. The summed E-state index contributed by atoms with van der Waals surface area (Å²) in [6, 6.07) is 11.8. The van der Waals surface area contributed by atoms with Crippen molar-refractivity contribution in [1.82, 2.24) is 25.2 Å². The molecule has 0 spiro atoms. The van der Waals surface area contributed by atoms with Crippen LogP contribution in [0.5, 0.6) is 5.75 Å². The molecular formula is C24H27N7O2. The number of anilines is 3. The maximum absolute atomic E-state index is 12.3. The van der Waals surface area contributed by atoms with E-state index in [0.29, 0.717) is 25.6 Å². The maximum Gasteiger partial charge on any atom is 0.234 e. The fourth-order valence-corrected chi connectivity index (χ4v) is 4.05. The topological polar surface area (TPSA) is 104 Å². The smallest absolute Gasteiger partial charge is 0.234 e. The fourth-order valence-electron chi connectivity index (χ4n) is 4.05. The van der Waals surface area contributed by atoms with Crippen LogP contribution in [0.3, 0.4) is 0 Å². The van der Waals surface area contributed by atoms with E-state index < -0.39 is 0 Å². The Kier molecular flexibility index (Phi) is 6.30. The van der Waals surface area contributed by atoms with E-state index in [9.17, 15) is 4.79 Å². The summed E-state index contributed by atoms with van der Waals surface area (Å²) >= 11 is 0. The number of fused-ring (bicyclic) bond motifs is 8.